The number of aromatic nitrogens is 2. The molecule has 0 spiro atoms. The summed E-state index contributed by atoms with van der Waals surface area (Å²) in [7, 11) is 0. The molecular weight excluding hydrogens is 346 g/mol. The quantitative estimate of drug-likeness (QED) is 0.768. The van der Waals surface area contributed by atoms with Crippen molar-refractivity contribution < 1.29 is 4.79 Å². The van der Waals surface area contributed by atoms with Crippen molar-refractivity contribution in [3.8, 4) is 0 Å². The Morgan fingerprint density at radius 3 is 2.62 bits per heavy atom. The van der Waals surface area contributed by atoms with E-state index in [0.717, 1.165) is 10.4 Å². The first kappa shape index (κ1) is 16.7. The molecule has 1 N–H and O–H groups in total. The van der Waals surface area contributed by atoms with Gasteiger partial charge in [0.1, 0.15) is 10.9 Å². The lowest BCUT2D eigenvalue weighted by atomic mass is 10.2. The number of thiophene rings is 1. The second kappa shape index (κ2) is 6.37. The zero-order chi connectivity index (χ0) is 17.4. The van der Waals surface area contributed by atoms with Crippen LogP contribution in [0.1, 0.15) is 23.4 Å². The van der Waals surface area contributed by atoms with Gasteiger partial charge >= 0.3 is 0 Å². The number of hydrogen-bond donors (Lipinski definition) is 1. The molecule has 0 saturated carbocycles. The molecule has 7 heteroatoms. The fourth-order valence-electron chi connectivity index (χ4n) is 2.43. The second-order valence-electron chi connectivity index (χ2n) is 5.59. The highest BCUT2D eigenvalue weighted by atomic mass is 35.5. The van der Waals surface area contributed by atoms with E-state index in [0.29, 0.717) is 20.9 Å². The van der Waals surface area contributed by atoms with Crippen molar-refractivity contribution in [3.63, 3.8) is 0 Å². The molecule has 5 nitrogen and oxygen atoms in total. The Balaban J connectivity index is 1.93. The zero-order valence-electron chi connectivity index (χ0n) is 13.5. The van der Waals surface area contributed by atoms with Gasteiger partial charge in [0.15, 0.2) is 0 Å². The predicted octanol–water partition coefficient (Wildman–Crippen LogP) is 3.93. The van der Waals surface area contributed by atoms with Crippen LogP contribution in [-0.2, 0) is 4.79 Å². The zero-order valence-corrected chi connectivity index (χ0v) is 15.0. The van der Waals surface area contributed by atoms with Gasteiger partial charge in [0.05, 0.1) is 11.7 Å². The number of carbonyl (C=O) groups is 1. The molecule has 2 aromatic heterocycles. The van der Waals surface area contributed by atoms with Gasteiger partial charge in [-0.3, -0.25) is 14.2 Å². The highest BCUT2D eigenvalue weighted by Gasteiger charge is 2.20. The Labute approximate surface area is 147 Å². The van der Waals surface area contributed by atoms with E-state index in [2.05, 4.69) is 10.3 Å². The van der Waals surface area contributed by atoms with Gasteiger partial charge in [-0.05, 0) is 50.6 Å². The van der Waals surface area contributed by atoms with Gasteiger partial charge in [-0.15, -0.1) is 11.3 Å². The summed E-state index contributed by atoms with van der Waals surface area (Å²) in [5, 5.41) is 3.96. The number of anilines is 1. The minimum atomic E-state index is -0.676. The van der Waals surface area contributed by atoms with Crippen LogP contribution >= 0.6 is 22.9 Å². The Hall–Kier alpha value is -2.18. The van der Waals surface area contributed by atoms with E-state index >= 15 is 0 Å². The van der Waals surface area contributed by atoms with Crippen LogP contribution in [0.2, 0.25) is 5.02 Å². The van der Waals surface area contributed by atoms with E-state index in [1.54, 1.807) is 31.2 Å². The molecule has 0 aliphatic rings. The molecule has 1 atom stereocenters. The normalized spacial score (nSPS) is 12.3. The van der Waals surface area contributed by atoms with Crippen LogP contribution in [0.4, 0.5) is 5.69 Å². The van der Waals surface area contributed by atoms with Crippen molar-refractivity contribution >= 4 is 44.7 Å². The number of rotatable bonds is 3. The number of benzene rings is 1. The summed E-state index contributed by atoms with van der Waals surface area (Å²) in [4.78, 5) is 31.3. The Morgan fingerprint density at radius 1 is 1.29 bits per heavy atom. The molecule has 124 valence electrons. The predicted molar refractivity (Wildman–Crippen MR) is 98.1 cm³/mol. The molecule has 0 saturated heterocycles. The fraction of sp³-hybridized carbons (Fsp3) is 0.235. The first-order chi connectivity index (χ1) is 11.4. The lowest BCUT2D eigenvalue weighted by molar-refractivity contribution is -0.118. The average Bonchev–Trinajstić information content (AvgIpc) is 2.85. The van der Waals surface area contributed by atoms with Crippen molar-refractivity contribution in [1.29, 1.82) is 0 Å². The van der Waals surface area contributed by atoms with Crippen LogP contribution in [0.15, 0.2) is 35.4 Å². The molecule has 1 amide bonds. The maximum atomic E-state index is 12.7. The van der Waals surface area contributed by atoms with E-state index < -0.39 is 6.04 Å². The number of aryl methyl sites for hydroxylation is 2. The molecule has 24 heavy (non-hydrogen) atoms. The number of halogens is 1. The first-order valence-electron chi connectivity index (χ1n) is 7.41. The molecule has 3 aromatic rings. The Bertz CT molecular complexity index is 976. The SMILES string of the molecule is Cc1sc2ncn([C@@H](C)C(=O)Nc3ccc(Cl)cc3)c(=O)c2c1C. The molecule has 0 bridgehead atoms. The largest absolute Gasteiger partial charge is 0.324 e. The summed E-state index contributed by atoms with van der Waals surface area (Å²) in [6, 6.07) is 6.13. The number of carbonyl (C=O) groups excluding carboxylic acids is 1. The highest BCUT2D eigenvalue weighted by Crippen LogP contribution is 2.26. The van der Waals surface area contributed by atoms with Gasteiger partial charge in [0, 0.05) is 15.6 Å². The number of nitrogens with one attached hydrogen (secondary N) is 1. The first-order valence-corrected chi connectivity index (χ1v) is 8.61. The summed E-state index contributed by atoms with van der Waals surface area (Å²) >= 11 is 7.32. The third-order valence-corrected chi connectivity index (χ3v) is 5.39. The van der Waals surface area contributed by atoms with E-state index in [9.17, 15) is 9.59 Å². The Kier molecular flexibility index (Phi) is 4.43. The van der Waals surface area contributed by atoms with Gasteiger partial charge in [-0.2, -0.15) is 0 Å². The van der Waals surface area contributed by atoms with Crippen LogP contribution < -0.4 is 10.9 Å². The smallest absolute Gasteiger partial charge is 0.263 e. The average molecular weight is 362 g/mol. The van der Waals surface area contributed by atoms with Crippen LogP contribution in [0, 0.1) is 13.8 Å². The number of nitrogens with zero attached hydrogens (tertiary/aromatic N) is 2. The molecular formula is C17H16ClN3O2S. The van der Waals surface area contributed by atoms with Crippen LogP contribution in [-0.4, -0.2) is 15.5 Å². The van der Waals surface area contributed by atoms with Gasteiger partial charge in [-0.1, -0.05) is 11.6 Å². The molecule has 0 unspecified atom stereocenters. The molecule has 0 aliphatic heterocycles. The second-order valence-corrected chi connectivity index (χ2v) is 7.23. The van der Waals surface area contributed by atoms with Crippen molar-refractivity contribution in [3.05, 3.63) is 56.4 Å². The van der Waals surface area contributed by atoms with E-state index in [1.165, 1.54) is 22.2 Å². The molecule has 0 fully saturated rings. The van der Waals surface area contributed by atoms with Gasteiger partial charge in [0.25, 0.3) is 5.56 Å². The molecule has 1 aromatic carbocycles. The summed E-state index contributed by atoms with van der Waals surface area (Å²) in [5.41, 5.74) is 1.36. The van der Waals surface area contributed by atoms with E-state index in [4.69, 9.17) is 11.6 Å². The summed E-state index contributed by atoms with van der Waals surface area (Å²) in [6.45, 7) is 5.54. The van der Waals surface area contributed by atoms with Gasteiger partial charge in [0.2, 0.25) is 5.91 Å². The van der Waals surface area contributed by atoms with Crippen molar-refractivity contribution in [2.24, 2.45) is 0 Å². The monoisotopic (exact) mass is 361 g/mol. The summed E-state index contributed by atoms with van der Waals surface area (Å²) in [6.07, 6.45) is 1.44. The van der Waals surface area contributed by atoms with Crippen LogP contribution in [0.5, 0.6) is 0 Å². The van der Waals surface area contributed by atoms with E-state index in [1.807, 2.05) is 13.8 Å². The standard InChI is InChI=1S/C17H16ClN3O2S/c1-9-11(3)24-16-14(9)17(23)21(8-19-16)10(2)15(22)20-13-6-4-12(18)5-7-13/h4-8,10H,1-3H3,(H,20,22)/t10-/m0/s1. The van der Waals surface area contributed by atoms with E-state index in [-0.39, 0.29) is 11.5 Å². The fourth-order valence-corrected chi connectivity index (χ4v) is 3.54. The number of fused-ring (bicyclic) bond motifs is 1. The third-order valence-electron chi connectivity index (χ3n) is 4.02. The van der Waals surface area contributed by atoms with Crippen LogP contribution in [0.25, 0.3) is 10.2 Å². The maximum absolute atomic E-state index is 12.7. The lowest BCUT2D eigenvalue weighted by Gasteiger charge is -2.15. The van der Waals surface area contributed by atoms with Crippen LogP contribution in [0.3, 0.4) is 0 Å². The molecule has 3 rings (SSSR count). The summed E-state index contributed by atoms with van der Waals surface area (Å²) < 4.78 is 1.37. The Morgan fingerprint density at radius 2 is 1.96 bits per heavy atom. The lowest BCUT2D eigenvalue weighted by Crippen LogP contribution is -2.31. The number of amides is 1. The summed E-state index contributed by atoms with van der Waals surface area (Å²) in [5.74, 6) is -0.287. The molecule has 0 aliphatic carbocycles. The third kappa shape index (κ3) is 2.95. The number of hydrogen-bond acceptors (Lipinski definition) is 4. The van der Waals surface area contributed by atoms with Gasteiger partial charge in [-0.25, -0.2) is 4.98 Å². The topological polar surface area (TPSA) is 64.0 Å². The molecule has 2 heterocycles. The maximum Gasteiger partial charge on any atom is 0.263 e. The van der Waals surface area contributed by atoms with Crippen molar-refractivity contribution in [2.45, 2.75) is 26.8 Å². The van der Waals surface area contributed by atoms with Gasteiger partial charge < -0.3 is 5.32 Å². The van der Waals surface area contributed by atoms with Crippen molar-refractivity contribution in [2.75, 3.05) is 5.32 Å². The minimum absolute atomic E-state index is 0.194. The molecule has 0 radical (unpaired) electrons. The minimum Gasteiger partial charge on any atom is -0.324 e. The highest BCUT2D eigenvalue weighted by molar-refractivity contribution is 7.18. The van der Waals surface area contributed by atoms with Crippen molar-refractivity contribution in [1.82, 2.24) is 9.55 Å².